The van der Waals surface area contributed by atoms with Crippen LogP contribution in [0.3, 0.4) is 0 Å². The summed E-state index contributed by atoms with van der Waals surface area (Å²) in [5, 5.41) is 5.79. The second-order valence-electron chi connectivity index (χ2n) is 5.38. The highest BCUT2D eigenvalue weighted by atomic mass is 15.3. The van der Waals surface area contributed by atoms with Crippen LogP contribution in [-0.4, -0.2) is 26.5 Å². The monoisotopic (exact) mass is 313 g/mol. The van der Waals surface area contributed by atoms with Crippen molar-refractivity contribution >= 4 is 23.3 Å². The molecule has 5 nitrogen and oxygen atoms in total. The van der Waals surface area contributed by atoms with E-state index in [2.05, 4.69) is 27.7 Å². The molecule has 2 heterocycles. The van der Waals surface area contributed by atoms with Gasteiger partial charge in [-0.25, -0.2) is 9.97 Å². The molecule has 5 heteroatoms. The Bertz CT molecular complexity index is 1000. The maximum atomic E-state index is 4.76. The Labute approximate surface area is 139 Å². The maximum absolute atomic E-state index is 4.76. The average Bonchev–Trinajstić information content (AvgIpc) is 3.02. The van der Waals surface area contributed by atoms with Crippen LogP contribution in [-0.2, 0) is 6.54 Å². The van der Waals surface area contributed by atoms with E-state index in [1.807, 2.05) is 47.1 Å². The molecule has 0 radical (unpaired) electrons. The van der Waals surface area contributed by atoms with Crippen LogP contribution in [0.1, 0.15) is 5.56 Å². The van der Waals surface area contributed by atoms with Gasteiger partial charge in [0.05, 0.1) is 17.7 Å². The first-order valence-corrected chi connectivity index (χ1v) is 7.64. The normalized spacial score (nSPS) is 10.8. The van der Waals surface area contributed by atoms with E-state index < -0.39 is 0 Å². The van der Waals surface area contributed by atoms with Gasteiger partial charge in [-0.3, -0.25) is 9.67 Å². The lowest BCUT2D eigenvalue weighted by atomic mass is 10.1. The zero-order chi connectivity index (χ0) is 16.4. The number of rotatable bonds is 4. The number of fused-ring (bicyclic) bond motifs is 1. The molecule has 0 saturated heterocycles. The van der Waals surface area contributed by atoms with Crippen molar-refractivity contribution in [3.63, 3.8) is 0 Å². The minimum absolute atomic E-state index is 0.614. The predicted octanol–water partition coefficient (Wildman–Crippen LogP) is 3.87. The Hall–Kier alpha value is -3.34. The predicted molar refractivity (Wildman–Crippen MR) is 95.5 cm³/mol. The van der Waals surface area contributed by atoms with Gasteiger partial charge in [0, 0.05) is 17.8 Å². The van der Waals surface area contributed by atoms with E-state index in [-0.39, 0.29) is 0 Å². The summed E-state index contributed by atoms with van der Waals surface area (Å²) in [4.78, 5) is 12.8. The van der Waals surface area contributed by atoms with Crippen molar-refractivity contribution in [2.45, 2.75) is 6.54 Å². The van der Waals surface area contributed by atoms with Crippen molar-refractivity contribution in [1.82, 2.24) is 19.7 Å². The van der Waals surface area contributed by atoms with Crippen molar-refractivity contribution in [1.29, 1.82) is 0 Å². The first-order chi connectivity index (χ1) is 11.9. The van der Waals surface area contributed by atoms with Gasteiger partial charge >= 0.3 is 0 Å². The van der Waals surface area contributed by atoms with Crippen molar-refractivity contribution in [2.75, 3.05) is 0 Å². The maximum Gasteiger partial charge on any atom is 0.180 e. The van der Waals surface area contributed by atoms with Gasteiger partial charge in [0.25, 0.3) is 0 Å². The summed E-state index contributed by atoms with van der Waals surface area (Å²) in [7, 11) is 0. The number of aromatic nitrogens is 4. The Balaban J connectivity index is 1.86. The highest BCUT2D eigenvalue weighted by molar-refractivity contribution is 5.91. The standard InChI is InChI=1S/C19H15N5/c1-20-16-9-4-2-7-14(16)13-24-17-10-5-3-8-15(17)18(23-24)19-21-11-6-12-22-19/h2-12H,1,13H2. The highest BCUT2D eigenvalue weighted by Crippen LogP contribution is 2.27. The smallest absolute Gasteiger partial charge is 0.180 e. The molecule has 2 aromatic heterocycles. The third kappa shape index (κ3) is 2.46. The Kier molecular flexibility index (Phi) is 3.59. The lowest BCUT2D eigenvalue weighted by Gasteiger charge is -2.06. The van der Waals surface area contributed by atoms with Gasteiger partial charge in [0.15, 0.2) is 5.82 Å². The molecule has 0 saturated carbocycles. The highest BCUT2D eigenvalue weighted by Gasteiger charge is 2.14. The quantitative estimate of drug-likeness (QED) is 0.537. The van der Waals surface area contributed by atoms with Crippen molar-refractivity contribution < 1.29 is 0 Å². The average molecular weight is 313 g/mol. The summed E-state index contributed by atoms with van der Waals surface area (Å²) in [6, 6.07) is 17.9. The molecule has 0 aliphatic rings. The topological polar surface area (TPSA) is 56.0 Å². The van der Waals surface area contributed by atoms with Crippen LogP contribution in [0.25, 0.3) is 22.4 Å². The summed E-state index contributed by atoms with van der Waals surface area (Å²) in [5.74, 6) is 0.627. The van der Waals surface area contributed by atoms with Crippen LogP contribution in [0.15, 0.2) is 72.0 Å². The van der Waals surface area contributed by atoms with Gasteiger partial charge in [-0.15, -0.1) is 0 Å². The molecule has 24 heavy (non-hydrogen) atoms. The fourth-order valence-corrected chi connectivity index (χ4v) is 2.79. The molecule has 0 unspecified atom stereocenters. The fourth-order valence-electron chi connectivity index (χ4n) is 2.79. The van der Waals surface area contributed by atoms with Crippen LogP contribution < -0.4 is 0 Å². The second-order valence-corrected chi connectivity index (χ2v) is 5.38. The van der Waals surface area contributed by atoms with Gasteiger partial charge in [-0.05, 0) is 30.5 Å². The summed E-state index contributed by atoms with van der Waals surface area (Å²) < 4.78 is 1.96. The number of benzene rings is 2. The molecule has 0 atom stereocenters. The first kappa shape index (κ1) is 14.3. The van der Waals surface area contributed by atoms with E-state index in [9.17, 15) is 0 Å². The van der Waals surface area contributed by atoms with Crippen molar-refractivity contribution in [3.8, 4) is 11.5 Å². The Morgan fingerprint density at radius 2 is 1.67 bits per heavy atom. The minimum atomic E-state index is 0.614. The van der Waals surface area contributed by atoms with Gasteiger partial charge in [0.1, 0.15) is 5.69 Å². The minimum Gasteiger partial charge on any atom is -0.264 e. The second kappa shape index (κ2) is 6.04. The van der Waals surface area contributed by atoms with Gasteiger partial charge < -0.3 is 0 Å². The number of hydrogen-bond acceptors (Lipinski definition) is 4. The summed E-state index contributed by atoms with van der Waals surface area (Å²) in [6.45, 7) is 4.26. The van der Waals surface area contributed by atoms with Gasteiger partial charge in [-0.1, -0.05) is 36.4 Å². The SMILES string of the molecule is C=Nc1ccccc1Cn1nc(-c2ncccn2)c2ccccc21. The molecule has 0 bridgehead atoms. The Morgan fingerprint density at radius 1 is 0.917 bits per heavy atom. The summed E-state index contributed by atoms with van der Waals surface area (Å²) in [6.07, 6.45) is 3.46. The molecule has 0 spiro atoms. The van der Waals surface area contributed by atoms with Crippen molar-refractivity contribution in [3.05, 3.63) is 72.6 Å². The molecule has 2 aromatic carbocycles. The van der Waals surface area contributed by atoms with Crippen molar-refractivity contribution in [2.24, 2.45) is 4.99 Å². The summed E-state index contributed by atoms with van der Waals surface area (Å²) in [5.41, 5.74) is 3.77. The third-order valence-corrected chi connectivity index (χ3v) is 3.92. The number of nitrogens with zero attached hydrogens (tertiary/aromatic N) is 5. The van der Waals surface area contributed by atoms with E-state index in [1.165, 1.54) is 0 Å². The van der Waals surface area contributed by atoms with Crippen LogP contribution in [0, 0.1) is 0 Å². The molecule has 0 fully saturated rings. The van der Waals surface area contributed by atoms with Crippen LogP contribution >= 0.6 is 0 Å². The molecule has 4 aromatic rings. The molecule has 0 amide bonds. The lowest BCUT2D eigenvalue weighted by molar-refractivity contribution is 0.714. The first-order valence-electron chi connectivity index (χ1n) is 7.64. The largest absolute Gasteiger partial charge is 0.264 e. The molecule has 0 aliphatic heterocycles. The van der Waals surface area contributed by atoms with E-state index in [0.29, 0.717) is 12.4 Å². The van der Waals surface area contributed by atoms with Crippen LogP contribution in [0.2, 0.25) is 0 Å². The zero-order valence-corrected chi connectivity index (χ0v) is 13.0. The van der Waals surface area contributed by atoms with Crippen LogP contribution in [0.5, 0.6) is 0 Å². The number of para-hydroxylation sites is 2. The Morgan fingerprint density at radius 3 is 2.50 bits per heavy atom. The fraction of sp³-hybridized carbons (Fsp3) is 0.0526. The summed E-state index contributed by atoms with van der Waals surface area (Å²) >= 11 is 0. The molecular formula is C19H15N5. The van der Waals surface area contributed by atoms with E-state index in [0.717, 1.165) is 27.8 Å². The molecule has 0 aliphatic carbocycles. The van der Waals surface area contributed by atoms with Gasteiger partial charge in [-0.2, -0.15) is 5.10 Å². The van der Waals surface area contributed by atoms with Gasteiger partial charge in [0.2, 0.25) is 0 Å². The zero-order valence-electron chi connectivity index (χ0n) is 13.0. The van der Waals surface area contributed by atoms with Crippen LogP contribution in [0.4, 0.5) is 5.69 Å². The number of aliphatic imine (C=N–C) groups is 1. The van der Waals surface area contributed by atoms with E-state index in [4.69, 9.17) is 5.10 Å². The lowest BCUT2D eigenvalue weighted by Crippen LogP contribution is -2.02. The molecular weight excluding hydrogens is 298 g/mol. The molecule has 4 rings (SSSR count). The van der Waals surface area contributed by atoms with E-state index >= 15 is 0 Å². The third-order valence-electron chi connectivity index (χ3n) is 3.92. The molecule has 116 valence electrons. The van der Waals surface area contributed by atoms with E-state index in [1.54, 1.807) is 18.5 Å². The number of hydrogen-bond donors (Lipinski definition) is 0. The molecule has 0 N–H and O–H groups in total.